The molecule has 0 radical (unpaired) electrons. The normalized spacial score (nSPS) is 13.7. The zero-order valence-electron chi connectivity index (χ0n) is 20.3. The number of rotatable bonds is 7. The van der Waals surface area contributed by atoms with Crippen molar-refractivity contribution in [3.8, 4) is 22.7 Å². The first-order valence-electron chi connectivity index (χ1n) is 12.0. The van der Waals surface area contributed by atoms with Crippen molar-refractivity contribution < 1.29 is 14.3 Å². The van der Waals surface area contributed by atoms with Crippen LogP contribution in [0.3, 0.4) is 0 Å². The number of benzene rings is 2. The second-order valence-electron chi connectivity index (χ2n) is 8.71. The zero-order valence-corrected chi connectivity index (χ0v) is 20.3. The second-order valence-corrected chi connectivity index (χ2v) is 8.71. The van der Waals surface area contributed by atoms with Crippen molar-refractivity contribution in [2.75, 3.05) is 33.3 Å². The predicted octanol–water partition coefficient (Wildman–Crippen LogP) is 4.94. The lowest BCUT2D eigenvalue weighted by atomic mass is 10.1. The van der Waals surface area contributed by atoms with Crippen LogP contribution in [0.5, 0.6) is 5.75 Å². The molecule has 0 aliphatic carbocycles. The van der Waals surface area contributed by atoms with Gasteiger partial charge in [-0.2, -0.15) is 0 Å². The molecule has 0 saturated carbocycles. The minimum atomic E-state index is 0.0111. The topological polar surface area (TPSA) is 54.8 Å². The van der Waals surface area contributed by atoms with E-state index in [9.17, 15) is 9.59 Å². The Balaban J connectivity index is 1.63. The number of hydrogen-bond acceptors (Lipinski definition) is 3. The van der Waals surface area contributed by atoms with Gasteiger partial charge in [-0.05, 0) is 43.7 Å². The number of unbranched alkanes of at least 4 members (excludes halogenated alkanes) is 1. The van der Waals surface area contributed by atoms with Gasteiger partial charge in [-0.15, -0.1) is 0 Å². The van der Waals surface area contributed by atoms with Gasteiger partial charge in [0.2, 0.25) is 5.91 Å². The first-order valence-corrected chi connectivity index (χ1v) is 12.0. The number of carbonyl (C=O) groups excluding carboxylic acids is 2. The lowest BCUT2D eigenvalue weighted by Crippen LogP contribution is -2.50. The highest BCUT2D eigenvalue weighted by Gasteiger charge is 2.28. The molecule has 6 heteroatoms. The molecule has 178 valence electrons. The van der Waals surface area contributed by atoms with Crippen molar-refractivity contribution in [3.05, 3.63) is 71.9 Å². The summed E-state index contributed by atoms with van der Waals surface area (Å²) in [5.41, 5.74) is 4.52. The van der Waals surface area contributed by atoms with Crippen LogP contribution in [0.15, 0.2) is 60.7 Å². The Labute approximate surface area is 201 Å². The van der Waals surface area contributed by atoms with Crippen molar-refractivity contribution in [2.24, 2.45) is 0 Å². The van der Waals surface area contributed by atoms with Crippen LogP contribution in [-0.4, -0.2) is 59.5 Å². The standard InChI is InChI=1S/C28H33N3O3/c1-4-5-14-27(32)29-15-17-30(18-16-29)28(33)25-20-26(22-10-9-13-24(19-22)34-3)31(21(25)2)23-11-7-6-8-12-23/h6-13,19-20H,4-5,14-18H2,1-3H3. The van der Waals surface area contributed by atoms with Gasteiger partial charge in [0, 0.05) is 49.5 Å². The fourth-order valence-electron chi connectivity index (χ4n) is 4.54. The summed E-state index contributed by atoms with van der Waals surface area (Å²) >= 11 is 0. The Bertz CT molecular complexity index is 1140. The van der Waals surface area contributed by atoms with Crippen LogP contribution in [-0.2, 0) is 4.79 Å². The molecule has 0 atom stereocenters. The second kappa shape index (κ2) is 10.6. The molecule has 2 amide bonds. The number of ether oxygens (including phenoxy) is 1. The molecule has 1 saturated heterocycles. The molecule has 1 fully saturated rings. The SMILES string of the molecule is CCCCC(=O)N1CCN(C(=O)c2cc(-c3cccc(OC)c3)n(-c3ccccc3)c2C)CC1. The molecule has 0 unspecified atom stereocenters. The first-order chi connectivity index (χ1) is 16.5. The molecular formula is C28H33N3O3. The largest absolute Gasteiger partial charge is 0.497 e. The smallest absolute Gasteiger partial charge is 0.255 e. The fourth-order valence-corrected chi connectivity index (χ4v) is 4.54. The van der Waals surface area contributed by atoms with Crippen LogP contribution < -0.4 is 4.74 Å². The Morgan fingerprint density at radius 1 is 0.912 bits per heavy atom. The van der Waals surface area contributed by atoms with E-state index in [1.54, 1.807) is 7.11 Å². The van der Waals surface area contributed by atoms with Crippen LogP contribution >= 0.6 is 0 Å². The molecule has 2 heterocycles. The number of para-hydroxylation sites is 1. The Morgan fingerprint density at radius 3 is 2.29 bits per heavy atom. The highest BCUT2D eigenvalue weighted by Crippen LogP contribution is 2.32. The monoisotopic (exact) mass is 459 g/mol. The highest BCUT2D eigenvalue weighted by atomic mass is 16.5. The van der Waals surface area contributed by atoms with Gasteiger partial charge in [-0.25, -0.2) is 0 Å². The quantitative estimate of drug-likeness (QED) is 0.503. The third-order valence-corrected chi connectivity index (χ3v) is 6.52. The zero-order chi connectivity index (χ0) is 24.1. The average Bonchev–Trinajstić information content (AvgIpc) is 3.24. The van der Waals surface area contributed by atoms with Crippen LogP contribution in [0, 0.1) is 6.92 Å². The molecule has 4 rings (SSSR count). The van der Waals surface area contributed by atoms with Crippen LogP contribution in [0.2, 0.25) is 0 Å². The van der Waals surface area contributed by atoms with Gasteiger partial charge in [-0.3, -0.25) is 9.59 Å². The molecular weight excluding hydrogens is 426 g/mol. The van der Waals surface area contributed by atoms with Gasteiger partial charge in [-0.1, -0.05) is 43.7 Å². The van der Waals surface area contributed by atoms with Gasteiger partial charge in [0.25, 0.3) is 5.91 Å². The van der Waals surface area contributed by atoms with E-state index in [1.807, 2.05) is 77.4 Å². The number of carbonyl (C=O) groups is 2. The van der Waals surface area contributed by atoms with Crippen molar-refractivity contribution in [3.63, 3.8) is 0 Å². The van der Waals surface area contributed by atoms with E-state index in [-0.39, 0.29) is 11.8 Å². The number of hydrogen-bond donors (Lipinski definition) is 0. The molecule has 6 nitrogen and oxygen atoms in total. The summed E-state index contributed by atoms with van der Waals surface area (Å²) in [4.78, 5) is 29.7. The van der Waals surface area contributed by atoms with Crippen molar-refractivity contribution in [1.29, 1.82) is 0 Å². The maximum Gasteiger partial charge on any atom is 0.255 e. The van der Waals surface area contributed by atoms with Gasteiger partial charge >= 0.3 is 0 Å². The minimum Gasteiger partial charge on any atom is -0.497 e. The fraction of sp³-hybridized carbons (Fsp3) is 0.357. The highest BCUT2D eigenvalue weighted by molar-refractivity contribution is 5.97. The number of piperazine rings is 1. The molecule has 3 aromatic rings. The molecule has 1 aromatic heterocycles. The maximum atomic E-state index is 13.6. The molecule has 0 N–H and O–H groups in total. The van der Waals surface area contributed by atoms with E-state index in [0.29, 0.717) is 38.2 Å². The number of amides is 2. The van der Waals surface area contributed by atoms with E-state index in [1.165, 1.54) is 0 Å². The van der Waals surface area contributed by atoms with Crippen LogP contribution in [0.1, 0.15) is 42.2 Å². The summed E-state index contributed by atoms with van der Waals surface area (Å²) in [5, 5.41) is 0. The van der Waals surface area contributed by atoms with Crippen LogP contribution in [0.4, 0.5) is 0 Å². The van der Waals surface area contributed by atoms with E-state index in [2.05, 4.69) is 11.5 Å². The van der Waals surface area contributed by atoms with Gasteiger partial charge < -0.3 is 19.1 Å². The Morgan fingerprint density at radius 2 is 1.62 bits per heavy atom. The lowest BCUT2D eigenvalue weighted by molar-refractivity contribution is -0.132. The summed E-state index contributed by atoms with van der Waals surface area (Å²) < 4.78 is 7.57. The van der Waals surface area contributed by atoms with E-state index < -0.39 is 0 Å². The number of methoxy groups -OCH3 is 1. The summed E-state index contributed by atoms with van der Waals surface area (Å²) in [7, 11) is 1.65. The van der Waals surface area contributed by atoms with Crippen molar-refractivity contribution in [1.82, 2.24) is 14.4 Å². The first kappa shape index (κ1) is 23.6. The molecule has 34 heavy (non-hydrogen) atoms. The van der Waals surface area contributed by atoms with Crippen molar-refractivity contribution >= 4 is 11.8 Å². The third-order valence-electron chi connectivity index (χ3n) is 6.52. The molecule has 1 aliphatic heterocycles. The van der Waals surface area contributed by atoms with Gasteiger partial charge in [0.05, 0.1) is 18.4 Å². The van der Waals surface area contributed by atoms with E-state index >= 15 is 0 Å². The summed E-state index contributed by atoms with van der Waals surface area (Å²) in [6, 6.07) is 20.0. The summed E-state index contributed by atoms with van der Waals surface area (Å²) in [6.07, 6.45) is 2.52. The summed E-state index contributed by atoms with van der Waals surface area (Å²) in [6.45, 7) is 6.38. The Kier molecular flexibility index (Phi) is 7.36. The molecule has 1 aliphatic rings. The predicted molar refractivity (Wildman–Crippen MR) is 135 cm³/mol. The third kappa shape index (κ3) is 4.86. The van der Waals surface area contributed by atoms with E-state index in [4.69, 9.17) is 4.74 Å². The summed E-state index contributed by atoms with van der Waals surface area (Å²) in [5.74, 6) is 0.977. The van der Waals surface area contributed by atoms with Crippen LogP contribution in [0.25, 0.3) is 16.9 Å². The minimum absolute atomic E-state index is 0.0111. The molecule has 0 spiro atoms. The lowest BCUT2D eigenvalue weighted by Gasteiger charge is -2.35. The van der Waals surface area contributed by atoms with Gasteiger partial charge in [0.15, 0.2) is 0 Å². The van der Waals surface area contributed by atoms with E-state index in [0.717, 1.165) is 41.2 Å². The maximum absolute atomic E-state index is 13.6. The molecule has 2 aromatic carbocycles. The van der Waals surface area contributed by atoms with Crippen molar-refractivity contribution in [2.45, 2.75) is 33.1 Å². The number of aromatic nitrogens is 1. The average molecular weight is 460 g/mol. The molecule has 0 bridgehead atoms. The Hall–Kier alpha value is -3.54. The van der Waals surface area contributed by atoms with Gasteiger partial charge in [0.1, 0.15) is 5.75 Å². The number of nitrogens with zero attached hydrogens (tertiary/aromatic N) is 3.